The molecule has 0 aromatic carbocycles. The Hall–Kier alpha value is -0.0800. The van der Waals surface area contributed by atoms with Crippen molar-refractivity contribution in [3.05, 3.63) is 0 Å². The Bertz CT molecular complexity index is 404. The Morgan fingerprint density at radius 2 is 1.50 bits per heavy atom. The monoisotopic (exact) mass is 309 g/mol. The van der Waals surface area contributed by atoms with E-state index in [0.717, 1.165) is 13.2 Å². The minimum absolute atomic E-state index is 0.222. The van der Waals surface area contributed by atoms with E-state index < -0.39 is 0 Å². The molecule has 0 bridgehead atoms. The Labute approximate surface area is 139 Å². The number of hydrogen-bond acceptors (Lipinski definition) is 2. The van der Waals surface area contributed by atoms with Crippen molar-refractivity contribution in [2.45, 2.75) is 99.2 Å². The zero-order valence-corrected chi connectivity index (χ0v) is 16.5. The van der Waals surface area contributed by atoms with Gasteiger partial charge in [-0.3, -0.25) is 4.90 Å². The Morgan fingerprint density at radius 3 is 1.91 bits per heavy atom. The largest absolute Gasteiger partial charge is 0.380 e. The molecule has 130 valence electrons. The van der Waals surface area contributed by atoms with Crippen LogP contribution in [0.5, 0.6) is 0 Å². The summed E-state index contributed by atoms with van der Waals surface area (Å²) in [5.41, 5.74) is 1.26. The molecule has 0 N–H and O–H groups in total. The summed E-state index contributed by atoms with van der Waals surface area (Å²) in [7, 11) is 0. The summed E-state index contributed by atoms with van der Waals surface area (Å²) in [6.07, 6.45) is 3.80. The molecule has 1 atom stereocenters. The number of hydrogen-bond donors (Lipinski definition) is 0. The molecule has 1 unspecified atom stereocenters. The normalized spacial score (nSPS) is 33.8. The van der Waals surface area contributed by atoms with Crippen LogP contribution in [0.2, 0.25) is 0 Å². The third kappa shape index (κ3) is 3.11. The van der Waals surface area contributed by atoms with Crippen LogP contribution in [-0.2, 0) is 4.74 Å². The van der Waals surface area contributed by atoms with Crippen molar-refractivity contribution >= 4 is 0 Å². The van der Waals surface area contributed by atoms with Gasteiger partial charge in [-0.1, -0.05) is 27.7 Å². The standard InChI is InChI=1S/C20H39NO/c1-15(2)21-16(3)10-17(4,5)11-20(13-22-14-20)18(6,7)12-19(21,8)9/h15-16H,10-14H2,1-9H3. The fourth-order valence-electron chi connectivity index (χ4n) is 6.13. The minimum atomic E-state index is 0.222. The van der Waals surface area contributed by atoms with Gasteiger partial charge in [-0.15, -0.1) is 0 Å². The van der Waals surface area contributed by atoms with Gasteiger partial charge in [0.2, 0.25) is 0 Å². The Kier molecular flexibility index (Phi) is 4.55. The van der Waals surface area contributed by atoms with E-state index in [4.69, 9.17) is 4.74 Å². The summed E-state index contributed by atoms with van der Waals surface area (Å²) >= 11 is 0. The van der Waals surface area contributed by atoms with Crippen LogP contribution in [0.25, 0.3) is 0 Å². The maximum absolute atomic E-state index is 5.74. The van der Waals surface area contributed by atoms with Crippen LogP contribution in [0, 0.1) is 16.2 Å². The third-order valence-electron chi connectivity index (χ3n) is 6.46. The summed E-state index contributed by atoms with van der Waals surface area (Å²) in [5, 5.41) is 0. The lowest BCUT2D eigenvalue weighted by Crippen LogP contribution is -2.58. The summed E-state index contributed by atoms with van der Waals surface area (Å²) in [4.78, 5) is 2.77. The van der Waals surface area contributed by atoms with E-state index in [1.807, 2.05) is 0 Å². The van der Waals surface area contributed by atoms with Crippen molar-refractivity contribution in [2.24, 2.45) is 16.2 Å². The van der Waals surface area contributed by atoms with Gasteiger partial charge in [0.25, 0.3) is 0 Å². The fourth-order valence-corrected chi connectivity index (χ4v) is 6.13. The molecule has 2 aliphatic rings. The van der Waals surface area contributed by atoms with E-state index in [1.54, 1.807) is 0 Å². The average molecular weight is 310 g/mol. The highest BCUT2D eigenvalue weighted by Crippen LogP contribution is 2.57. The van der Waals surface area contributed by atoms with Gasteiger partial charge in [0.05, 0.1) is 13.2 Å². The van der Waals surface area contributed by atoms with Gasteiger partial charge < -0.3 is 4.74 Å². The molecule has 1 spiro atoms. The SMILES string of the molecule is CC(C)N1C(C)CC(C)(C)CC2(COC2)C(C)(C)CC1(C)C. The smallest absolute Gasteiger partial charge is 0.0550 e. The van der Waals surface area contributed by atoms with Crippen molar-refractivity contribution in [1.29, 1.82) is 0 Å². The lowest BCUT2D eigenvalue weighted by Gasteiger charge is -2.57. The number of nitrogens with zero attached hydrogens (tertiary/aromatic N) is 1. The van der Waals surface area contributed by atoms with Crippen molar-refractivity contribution < 1.29 is 4.74 Å². The molecule has 2 heterocycles. The molecular weight excluding hydrogens is 270 g/mol. The van der Waals surface area contributed by atoms with Crippen LogP contribution in [0.4, 0.5) is 0 Å². The molecule has 2 rings (SSSR count). The molecule has 2 aliphatic heterocycles. The van der Waals surface area contributed by atoms with Crippen molar-refractivity contribution in [3.63, 3.8) is 0 Å². The van der Waals surface area contributed by atoms with E-state index in [-0.39, 0.29) is 5.54 Å². The molecule has 0 aromatic rings. The van der Waals surface area contributed by atoms with Crippen LogP contribution in [0.3, 0.4) is 0 Å². The lowest BCUT2D eigenvalue weighted by molar-refractivity contribution is -0.198. The lowest BCUT2D eigenvalue weighted by atomic mass is 9.55. The molecule has 2 heteroatoms. The molecule has 2 saturated heterocycles. The zero-order valence-electron chi connectivity index (χ0n) is 16.5. The first-order valence-electron chi connectivity index (χ1n) is 9.18. The van der Waals surface area contributed by atoms with Crippen LogP contribution in [0.15, 0.2) is 0 Å². The highest BCUT2D eigenvalue weighted by Gasteiger charge is 2.56. The predicted molar refractivity (Wildman–Crippen MR) is 95.2 cm³/mol. The topological polar surface area (TPSA) is 12.5 Å². The van der Waals surface area contributed by atoms with Crippen molar-refractivity contribution in [3.8, 4) is 0 Å². The average Bonchev–Trinajstić information content (AvgIpc) is 2.19. The minimum Gasteiger partial charge on any atom is -0.380 e. The van der Waals surface area contributed by atoms with E-state index in [1.165, 1.54) is 19.3 Å². The van der Waals surface area contributed by atoms with E-state index >= 15 is 0 Å². The summed E-state index contributed by atoms with van der Waals surface area (Å²) in [6.45, 7) is 23.9. The third-order valence-corrected chi connectivity index (χ3v) is 6.46. The maximum atomic E-state index is 5.74. The molecule has 0 amide bonds. The second-order valence-electron chi connectivity index (χ2n) is 10.5. The first kappa shape index (κ1) is 18.3. The molecular formula is C20H39NO. The van der Waals surface area contributed by atoms with Crippen LogP contribution in [0.1, 0.15) is 81.6 Å². The molecule has 0 saturated carbocycles. The zero-order chi connectivity index (χ0) is 17.0. The molecule has 0 aliphatic carbocycles. The van der Waals surface area contributed by atoms with E-state index in [0.29, 0.717) is 28.3 Å². The predicted octanol–water partition coefficient (Wildman–Crippen LogP) is 5.12. The first-order chi connectivity index (χ1) is 9.82. The molecule has 22 heavy (non-hydrogen) atoms. The fraction of sp³-hybridized carbons (Fsp3) is 1.00. The van der Waals surface area contributed by atoms with Gasteiger partial charge >= 0.3 is 0 Å². The highest BCUT2D eigenvalue weighted by molar-refractivity contribution is 5.06. The van der Waals surface area contributed by atoms with Crippen molar-refractivity contribution in [1.82, 2.24) is 4.90 Å². The molecule has 0 radical (unpaired) electrons. The van der Waals surface area contributed by atoms with Crippen molar-refractivity contribution in [2.75, 3.05) is 13.2 Å². The second kappa shape index (κ2) is 5.48. The van der Waals surface area contributed by atoms with E-state index in [2.05, 4.69) is 67.2 Å². The van der Waals surface area contributed by atoms with Crippen LogP contribution >= 0.6 is 0 Å². The van der Waals surface area contributed by atoms with Crippen LogP contribution in [-0.4, -0.2) is 35.7 Å². The Balaban J connectivity index is 2.46. The number of rotatable bonds is 1. The molecule has 0 aromatic heterocycles. The Morgan fingerprint density at radius 1 is 0.955 bits per heavy atom. The van der Waals surface area contributed by atoms with E-state index in [9.17, 15) is 0 Å². The summed E-state index contributed by atoms with van der Waals surface area (Å²) in [6, 6.07) is 1.21. The molecule has 2 fully saturated rings. The highest BCUT2D eigenvalue weighted by atomic mass is 16.5. The van der Waals surface area contributed by atoms with Gasteiger partial charge in [-0.2, -0.15) is 0 Å². The van der Waals surface area contributed by atoms with Gasteiger partial charge in [0.1, 0.15) is 0 Å². The summed E-state index contributed by atoms with van der Waals surface area (Å²) in [5.74, 6) is 0. The van der Waals surface area contributed by atoms with Gasteiger partial charge in [0, 0.05) is 23.0 Å². The maximum Gasteiger partial charge on any atom is 0.0550 e. The second-order valence-corrected chi connectivity index (χ2v) is 10.5. The van der Waals surface area contributed by atoms with Gasteiger partial charge in [0.15, 0.2) is 0 Å². The molecule has 2 nitrogen and oxygen atoms in total. The first-order valence-corrected chi connectivity index (χ1v) is 9.18. The quantitative estimate of drug-likeness (QED) is 0.667. The van der Waals surface area contributed by atoms with Crippen LogP contribution < -0.4 is 0 Å². The van der Waals surface area contributed by atoms with Gasteiger partial charge in [-0.05, 0) is 64.7 Å². The number of ether oxygens (including phenoxy) is 1. The van der Waals surface area contributed by atoms with Gasteiger partial charge in [-0.25, -0.2) is 0 Å². The summed E-state index contributed by atoms with van der Waals surface area (Å²) < 4.78 is 5.74.